The standard InChI is InChI=1S/C13H16ClN5O/c1-9(10-3-2-4-11(14)5-10)16-13(20)8-19-7-12(6-15)17-18-19/h2-5,7,9H,6,8,15H2,1H3,(H,16,20)/t9-/m0/s1. The van der Waals surface area contributed by atoms with Gasteiger partial charge in [0.1, 0.15) is 6.54 Å². The molecule has 106 valence electrons. The monoisotopic (exact) mass is 293 g/mol. The molecule has 1 heterocycles. The van der Waals surface area contributed by atoms with Crippen LogP contribution in [0.25, 0.3) is 0 Å². The fourth-order valence-electron chi connectivity index (χ4n) is 1.80. The zero-order chi connectivity index (χ0) is 14.5. The van der Waals surface area contributed by atoms with E-state index >= 15 is 0 Å². The predicted octanol–water partition coefficient (Wildman–Crippen LogP) is 1.27. The Bertz CT molecular complexity index is 598. The van der Waals surface area contributed by atoms with Gasteiger partial charge < -0.3 is 11.1 Å². The van der Waals surface area contributed by atoms with Crippen LogP contribution in [0.5, 0.6) is 0 Å². The molecule has 1 atom stereocenters. The molecule has 1 aromatic heterocycles. The number of carbonyl (C=O) groups excluding carboxylic acids is 1. The fraction of sp³-hybridized carbons (Fsp3) is 0.308. The summed E-state index contributed by atoms with van der Waals surface area (Å²) in [6.07, 6.45) is 1.66. The summed E-state index contributed by atoms with van der Waals surface area (Å²) in [4.78, 5) is 11.9. The molecule has 2 aromatic rings. The van der Waals surface area contributed by atoms with E-state index in [1.165, 1.54) is 4.68 Å². The van der Waals surface area contributed by atoms with Crippen molar-refractivity contribution < 1.29 is 4.79 Å². The quantitative estimate of drug-likeness (QED) is 0.869. The van der Waals surface area contributed by atoms with E-state index in [1.807, 2.05) is 25.1 Å². The number of aromatic nitrogens is 3. The molecule has 0 aliphatic carbocycles. The Hall–Kier alpha value is -1.92. The Morgan fingerprint density at radius 2 is 2.35 bits per heavy atom. The highest BCUT2D eigenvalue weighted by molar-refractivity contribution is 6.30. The minimum atomic E-state index is -0.147. The molecular weight excluding hydrogens is 278 g/mol. The Labute approximate surface area is 121 Å². The Kier molecular flexibility index (Phi) is 4.70. The summed E-state index contributed by atoms with van der Waals surface area (Å²) in [6.45, 7) is 2.31. The lowest BCUT2D eigenvalue weighted by atomic mass is 10.1. The molecule has 0 unspecified atom stereocenters. The molecule has 1 aromatic carbocycles. The SMILES string of the molecule is C[C@H](NC(=O)Cn1cc(CN)nn1)c1cccc(Cl)c1. The number of hydrogen-bond acceptors (Lipinski definition) is 4. The maximum atomic E-state index is 11.9. The molecule has 0 fully saturated rings. The summed E-state index contributed by atoms with van der Waals surface area (Å²) in [5, 5.41) is 11.2. The smallest absolute Gasteiger partial charge is 0.242 e. The zero-order valence-electron chi connectivity index (χ0n) is 11.1. The second kappa shape index (κ2) is 6.49. The number of nitrogens with one attached hydrogen (secondary N) is 1. The van der Waals surface area contributed by atoms with Gasteiger partial charge in [-0.25, -0.2) is 4.68 Å². The van der Waals surface area contributed by atoms with Crippen molar-refractivity contribution in [1.82, 2.24) is 20.3 Å². The van der Waals surface area contributed by atoms with Gasteiger partial charge in [-0.1, -0.05) is 28.9 Å². The minimum absolute atomic E-state index is 0.109. The molecule has 0 radical (unpaired) electrons. The Balaban J connectivity index is 1.94. The van der Waals surface area contributed by atoms with Crippen molar-refractivity contribution in [3.05, 3.63) is 46.7 Å². The van der Waals surface area contributed by atoms with E-state index in [-0.39, 0.29) is 18.5 Å². The summed E-state index contributed by atoms with van der Waals surface area (Å²) in [7, 11) is 0. The summed E-state index contributed by atoms with van der Waals surface area (Å²) >= 11 is 5.93. The number of nitrogens with zero attached hydrogens (tertiary/aromatic N) is 3. The topological polar surface area (TPSA) is 85.8 Å². The molecule has 0 aliphatic rings. The van der Waals surface area contributed by atoms with Gasteiger partial charge in [0.05, 0.1) is 17.9 Å². The maximum absolute atomic E-state index is 11.9. The third kappa shape index (κ3) is 3.79. The van der Waals surface area contributed by atoms with Crippen LogP contribution in [0.15, 0.2) is 30.5 Å². The maximum Gasteiger partial charge on any atom is 0.242 e. The molecule has 0 bridgehead atoms. The fourth-order valence-corrected chi connectivity index (χ4v) is 2.00. The predicted molar refractivity (Wildman–Crippen MR) is 75.9 cm³/mol. The Morgan fingerprint density at radius 3 is 3.00 bits per heavy atom. The molecule has 0 spiro atoms. The van der Waals surface area contributed by atoms with E-state index in [0.717, 1.165) is 5.56 Å². The highest BCUT2D eigenvalue weighted by Crippen LogP contribution is 2.17. The lowest BCUT2D eigenvalue weighted by Crippen LogP contribution is -2.30. The van der Waals surface area contributed by atoms with E-state index in [9.17, 15) is 4.79 Å². The summed E-state index contributed by atoms with van der Waals surface area (Å²) in [5.74, 6) is -0.147. The third-order valence-electron chi connectivity index (χ3n) is 2.83. The summed E-state index contributed by atoms with van der Waals surface area (Å²) in [5.41, 5.74) is 7.04. The molecule has 2 rings (SSSR count). The molecule has 3 N–H and O–H groups in total. The highest BCUT2D eigenvalue weighted by Gasteiger charge is 2.11. The second-order valence-electron chi connectivity index (χ2n) is 4.46. The van der Waals surface area contributed by atoms with Gasteiger partial charge in [0.25, 0.3) is 0 Å². The van der Waals surface area contributed by atoms with Crippen molar-refractivity contribution in [2.75, 3.05) is 0 Å². The number of rotatable bonds is 5. The van der Waals surface area contributed by atoms with Crippen LogP contribution < -0.4 is 11.1 Å². The first-order valence-electron chi connectivity index (χ1n) is 6.22. The van der Waals surface area contributed by atoms with Gasteiger partial charge in [-0.05, 0) is 24.6 Å². The zero-order valence-corrected chi connectivity index (χ0v) is 11.8. The van der Waals surface area contributed by atoms with Crippen LogP contribution in [-0.2, 0) is 17.9 Å². The first-order valence-corrected chi connectivity index (χ1v) is 6.60. The molecule has 0 aliphatic heterocycles. The number of carbonyl (C=O) groups is 1. The van der Waals surface area contributed by atoms with Gasteiger partial charge in [-0.15, -0.1) is 5.10 Å². The van der Waals surface area contributed by atoms with Crippen molar-refractivity contribution in [2.24, 2.45) is 5.73 Å². The molecule has 0 saturated heterocycles. The van der Waals surface area contributed by atoms with Gasteiger partial charge in [-0.2, -0.15) is 0 Å². The molecule has 0 saturated carbocycles. The van der Waals surface area contributed by atoms with Crippen molar-refractivity contribution in [3.8, 4) is 0 Å². The van der Waals surface area contributed by atoms with Crippen LogP contribution in [0, 0.1) is 0 Å². The van der Waals surface area contributed by atoms with Crippen LogP contribution >= 0.6 is 11.6 Å². The first kappa shape index (κ1) is 14.5. The number of halogens is 1. The van der Waals surface area contributed by atoms with Gasteiger partial charge in [0.2, 0.25) is 5.91 Å². The third-order valence-corrected chi connectivity index (χ3v) is 3.06. The average Bonchev–Trinajstić information content (AvgIpc) is 2.86. The number of amides is 1. The van der Waals surface area contributed by atoms with Crippen LogP contribution in [0.1, 0.15) is 24.2 Å². The number of hydrogen-bond donors (Lipinski definition) is 2. The normalized spacial score (nSPS) is 12.2. The molecule has 7 heteroatoms. The number of nitrogens with two attached hydrogens (primary N) is 1. The Morgan fingerprint density at radius 1 is 1.55 bits per heavy atom. The van der Waals surface area contributed by atoms with Crippen LogP contribution in [0.4, 0.5) is 0 Å². The van der Waals surface area contributed by atoms with E-state index in [1.54, 1.807) is 12.3 Å². The van der Waals surface area contributed by atoms with E-state index in [2.05, 4.69) is 15.6 Å². The molecule has 20 heavy (non-hydrogen) atoms. The second-order valence-corrected chi connectivity index (χ2v) is 4.89. The van der Waals surface area contributed by atoms with Crippen molar-refractivity contribution in [1.29, 1.82) is 0 Å². The van der Waals surface area contributed by atoms with Crippen molar-refractivity contribution in [2.45, 2.75) is 26.1 Å². The average molecular weight is 294 g/mol. The highest BCUT2D eigenvalue weighted by atomic mass is 35.5. The van der Waals surface area contributed by atoms with Gasteiger partial charge >= 0.3 is 0 Å². The van der Waals surface area contributed by atoms with Crippen molar-refractivity contribution >= 4 is 17.5 Å². The van der Waals surface area contributed by atoms with Crippen LogP contribution in [0.2, 0.25) is 5.02 Å². The van der Waals surface area contributed by atoms with E-state index in [4.69, 9.17) is 17.3 Å². The van der Waals surface area contributed by atoms with E-state index < -0.39 is 0 Å². The summed E-state index contributed by atoms with van der Waals surface area (Å²) in [6, 6.07) is 7.26. The summed E-state index contributed by atoms with van der Waals surface area (Å²) < 4.78 is 1.46. The lowest BCUT2D eigenvalue weighted by Gasteiger charge is -2.14. The first-order chi connectivity index (χ1) is 9.58. The number of benzene rings is 1. The molecule has 6 nitrogen and oxygen atoms in total. The lowest BCUT2D eigenvalue weighted by molar-refractivity contribution is -0.122. The minimum Gasteiger partial charge on any atom is -0.348 e. The van der Waals surface area contributed by atoms with Crippen molar-refractivity contribution in [3.63, 3.8) is 0 Å². The van der Waals surface area contributed by atoms with Crippen LogP contribution in [-0.4, -0.2) is 20.9 Å². The largest absolute Gasteiger partial charge is 0.348 e. The van der Waals surface area contributed by atoms with Crippen LogP contribution in [0.3, 0.4) is 0 Å². The molecular formula is C13H16ClN5O. The van der Waals surface area contributed by atoms with Gasteiger partial charge in [0, 0.05) is 11.6 Å². The molecule has 1 amide bonds. The van der Waals surface area contributed by atoms with Gasteiger partial charge in [-0.3, -0.25) is 4.79 Å². The van der Waals surface area contributed by atoms with Gasteiger partial charge in [0.15, 0.2) is 0 Å². The van der Waals surface area contributed by atoms with E-state index in [0.29, 0.717) is 17.3 Å².